The normalized spacial score (nSPS) is 10.9. The summed E-state index contributed by atoms with van der Waals surface area (Å²) in [5, 5.41) is 9.40. The van der Waals surface area contributed by atoms with Crippen molar-refractivity contribution in [2.24, 2.45) is 0 Å². The van der Waals surface area contributed by atoms with Crippen molar-refractivity contribution in [2.75, 3.05) is 6.54 Å². The maximum Gasteiger partial charge on any atom is 0.0893 e. The molecule has 1 N–H and O–H groups in total. The number of hydrogen-bond donors (Lipinski definition) is 1. The Bertz CT molecular complexity index is 249. The van der Waals surface area contributed by atoms with Gasteiger partial charge < -0.3 is 5.32 Å². The summed E-state index contributed by atoms with van der Waals surface area (Å²) >= 11 is 1.42. The zero-order valence-corrected chi connectivity index (χ0v) is 11.8. The van der Waals surface area contributed by atoms with Crippen LogP contribution in [0, 0.1) is 0 Å². The minimum Gasteiger partial charge on any atom is -0.311 e. The predicted octanol–water partition coefficient (Wildman–Crippen LogP) is 3.77. The third-order valence-electron chi connectivity index (χ3n) is 2.92. The molecular weight excluding hydrogens is 230 g/mol. The molecule has 17 heavy (non-hydrogen) atoms. The molecule has 3 nitrogen and oxygen atoms in total. The second kappa shape index (κ2) is 10.7. The second-order valence-electron chi connectivity index (χ2n) is 4.55. The maximum absolute atomic E-state index is 4.00. The highest BCUT2D eigenvalue weighted by Crippen LogP contribution is 2.07. The Morgan fingerprint density at radius 3 is 2.41 bits per heavy atom. The quantitative estimate of drug-likeness (QED) is 0.612. The average Bonchev–Trinajstić information content (AvgIpc) is 2.85. The lowest BCUT2D eigenvalue weighted by molar-refractivity contribution is 0.553. The van der Waals surface area contributed by atoms with E-state index in [0.29, 0.717) is 0 Å². The topological polar surface area (TPSA) is 37.8 Å². The van der Waals surface area contributed by atoms with Crippen LogP contribution in [0.5, 0.6) is 0 Å². The number of nitrogens with one attached hydrogen (secondary N) is 1. The van der Waals surface area contributed by atoms with Gasteiger partial charge in [0.15, 0.2) is 0 Å². The van der Waals surface area contributed by atoms with E-state index in [-0.39, 0.29) is 0 Å². The Kier molecular flexibility index (Phi) is 9.14. The van der Waals surface area contributed by atoms with Crippen molar-refractivity contribution in [2.45, 2.75) is 64.8 Å². The van der Waals surface area contributed by atoms with Gasteiger partial charge in [0.25, 0.3) is 0 Å². The molecule has 0 aromatic carbocycles. The number of hydrogen-bond acceptors (Lipinski definition) is 4. The van der Waals surface area contributed by atoms with Gasteiger partial charge in [0, 0.05) is 11.9 Å². The Hall–Kier alpha value is -0.480. The summed E-state index contributed by atoms with van der Waals surface area (Å²) in [6.45, 7) is 4.24. The molecule has 0 amide bonds. The van der Waals surface area contributed by atoms with E-state index in [1.54, 1.807) is 0 Å². The van der Waals surface area contributed by atoms with Crippen LogP contribution in [0.15, 0.2) is 5.38 Å². The van der Waals surface area contributed by atoms with Crippen molar-refractivity contribution in [3.05, 3.63) is 11.1 Å². The zero-order chi connectivity index (χ0) is 12.2. The molecule has 0 aliphatic rings. The van der Waals surface area contributed by atoms with Crippen LogP contribution >= 0.6 is 11.5 Å². The minimum absolute atomic E-state index is 0.868. The van der Waals surface area contributed by atoms with Gasteiger partial charge in [-0.3, -0.25) is 0 Å². The van der Waals surface area contributed by atoms with Crippen LogP contribution in [0.2, 0.25) is 0 Å². The summed E-state index contributed by atoms with van der Waals surface area (Å²) in [7, 11) is 0. The highest BCUT2D eigenvalue weighted by atomic mass is 32.1. The monoisotopic (exact) mass is 255 g/mol. The molecule has 0 saturated carbocycles. The zero-order valence-electron chi connectivity index (χ0n) is 11.0. The van der Waals surface area contributed by atoms with Crippen molar-refractivity contribution in [1.82, 2.24) is 14.9 Å². The maximum atomic E-state index is 4.00. The lowest BCUT2D eigenvalue weighted by atomic mass is 10.1. The molecule has 1 rings (SSSR count). The fourth-order valence-corrected chi connectivity index (χ4v) is 2.31. The first-order valence-corrected chi connectivity index (χ1v) is 7.73. The van der Waals surface area contributed by atoms with E-state index in [1.807, 2.05) is 5.38 Å². The number of aromatic nitrogens is 2. The van der Waals surface area contributed by atoms with Crippen LogP contribution in [-0.2, 0) is 6.54 Å². The molecule has 1 aromatic heterocycles. The lowest BCUT2D eigenvalue weighted by Crippen LogP contribution is -2.14. The van der Waals surface area contributed by atoms with E-state index in [0.717, 1.165) is 18.8 Å². The van der Waals surface area contributed by atoms with Crippen LogP contribution in [0.1, 0.15) is 64.0 Å². The second-order valence-corrected chi connectivity index (χ2v) is 5.16. The third kappa shape index (κ3) is 8.27. The number of rotatable bonds is 11. The van der Waals surface area contributed by atoms with Crippen molar-refractivity contribution >= 4 is 11.5 Å². The SMILES string of the molecule is CCCCCCCCCCNCc1csnn1. The lowest BCUT2D eigenvalue weighted by Gasteiger charge is -2.03. The molecule has 0 aliphatic heterocycles. The van der Waals surface area contributed by atoms with Crippen molar-refractivity contribution < 1.29 is 0 Å². The van der Waals surface area contributed by atoms with Crippen LogP contribution in [0.25, 0.3) is 0 Å². The summed E-state index contributed by atoms with van der Waals surface area (Å²) in [6, 6.07) is 0. The average molecular weight is 255 g/mol. The molecule has 98 valence electrons. The van der Waals surface area contributed by atoms with Gasteiger partial charge in [-0.15, -0.1) is 5.10 Å². The van der Waals surface area contributed by atoms with E-state index in [1.165, 1.54) is 62.9 Å². The summed E-state index contributed by atoms with van der Waals surface area (Å²) < 4.78 is 3.84. The van der Waals surface area contributed by atoms with Crippen LogP contribution in [0.3, 0.4) is 0 Å². The molecule has 0 bridgehead atoms. The van der Waals surface area contributed by atoms with Crippen LogP contribution < -0.4 is 5.32 Å². The standard InChI is InChI=1S/C13H25N3S/c1-2-3-4-5-6-7-8-9-10-14-11-13-12-17-16-15-13/h12,14H,2-11H2,1H3. The Balaban J connectivity index is 1.76. The van der Waals surface area contributed by atoms with Crippen molar-refractivity contribution in [1.29, 1.82) is 0 Å². The van der Waals surface area contributed by atoms with E-state index in [4.69, 9.17) is 0 Å². The van der Waals surface area contributed by atoms with Crippen LogP contribution in [-0.4, -0.2) is 16.1 Å². The fraction of sp³-hybridized carbons (Fsp3) is 0.846. The van der Waals surface area contributed by atoms with Gasteiger partial charge in [0.1, 0.15) is 0 Å². The molecule has 1 heterocycles. The molecular formula is C13H25N3S. The highest BCUT2D eigenvalue weighted by Gasteiger charge is 1.95. The molecule has 0 atom stereocenters. The van der Waals surface area contributed by atoms with E-state index in [9.17, 15) is 0 Å². The molecule has 0 unspecified atom stereocenters. The van der Waals surface area contributed by atoms with Gasteiger partial charge in [-0.05, 0) is 24.5 Å². The largest absolute Gasteiger partial charge is 0.311 e. The van der Waals surface area contributed by atoms with Gasteiger partial charge in [0.05, 0.1) is 5.69 Å². The number of unbranched alkanes of at least 4 members (excludes halogenated alkanes) is 7. The van der Waals surface area contributed by atoms with Gasteiger partial charge in [-0.1, -0.05) is 56.4 Å². The molecule has 4 heteroatoms. The first kappa shape index (κ1) is 14.6. The molecule has 1 aromatic rings. The fourth-order valence-electron chi connectivity index (χ4n) is 1.86. The van der Waals surface area contributed by atoms with Gasteiger partial charge >= 0.3 is 0 Å². The summed E-state index contributed by atoms with van der Waals surface area (Å²) in [5.41, 5.74) is 1.06. The van der Waals surface area contributed by atoms with Gasteiger partial charge in [-0.2, -0.15) is 0 Å². The molecule has 0 saturated heterocycles. The van der Waals surface area contributed by atoms with Crippen molar-refractivity contribution in [3.8, 4) is 0 Å². The molecule has 0 radical (unpaired) electrons. The van der Waals surface area contributed by atoms with Gasteiger partial charge in [-0.25, -0.2) is 0 Å². The Labute approximate surface area is 109 Å². The van der Waals surface area contributed by atoms with E-state index in [2.05, 4.69) is 21.8 Å². The third-order valence-corrected chi connectivity index (χ3v) is 3.47. The van der Waals surface area contributed by atoms with E-state index < -0.39 is 0 Å². The Morgan fingerprint density at radius 1 is 1.06 bits per heavy atom. The summed E-state index contributed by atoms with van der Waals surface area (Å²) in [5.74, 6) is 0. The minimum atomic E-state index is 0.868. The predicted molar refractivity (Wildman–Crippen MR) is 74.2 cm³/mol. The molecule has 0 aliphatic carbocycles. The smallest absolute Gasteiger partial charge is 0.0893 e. The van der Waals surface area contributed by atoms with Crippen LogP contribution in [0.4, 0.5) is 0 Å². The number of nitrogens with zero attached hydrogens (tertiary/aromatic N) is 2. The van der Waals surface area contributed by atoms with Gasteiger partial charge in [0.2, 0.25) is 0 Å². The first-order valence-electron chi connectivity index (χ1n) is 6.90. The molecule has 0 spiro atoms. The Morgan fingerprint density at radius 2 is 1.76 bits per heavy atom. The van der Waals surface area contributed by atoms with E-state index >= 15 is 0 Å². The molecule has 0 fully saturated rings. The summed E-state index contributed by atoms with van der Waals surface area (Å²) in [6.07, 6.45) is 11.0. The highest BCUT2D eigenvalue weighted by molar-refractivity contribution is 7.03. The first-order chi connectivity index (χ1) is 8.43. The van der Waals surface area contributed by atoms with Crippen molar-refractivity contribution in [3.63, 3.8) is 0 Å². The summed E-state index contributed by atoms with van der Waals surface area (Å²) in [4.78, 5) is 0.